The molecule has 1 aromatic carbocycles. The largest absolute Gasteiger partial charge is 0.480 e. The first-order valence-electron chi connectivity index (χ1n) is 7.39. The lowest BCUT2D eigenvalue weighted by atomic mass is 10.2. The number of carboxylic acid groups (broad SMARTS) is 1. The maximum atomic E-state index is 12.3. The third kappa shape index (κ3) is 4.19. The molecular formula is C15H20N4O4. The number of hydrogen-bond acceptors (Lipinski definition) is 4. The number of aromatic nitrogens is 2. The summed E-state index contributed by atoms with van der Waals surface area (Å²) in [6.07, 6.45) is 0.751. The van der Waals surface area contributed by atoms with Gasteiger partial charge in [0.25, 0.3) is 0 Å². The number of anilines is 1. The van der Waals surface area contributed by atoms with Gasteiger partial charge < -0.3 is 20.4 Å². The number of amides is 1. The molecule has 1 heterocycles. The highest BCUT2D eigenvalue weighted by Gasteiger charge is 2.22. The molecule has 0 fully saturated rings. The summed E-state index contributed by atoms with van der Waals surface area (Å²) in [7, 11) is 0. The van der Waals surface area contributed by atoms with Gasteiger partial charge >= 0.3 is 11.7 Å². The number of benzene rings is 1. The highest BCUT2D eigenvalue weighted by Crippen LogP contribution is 2.15. The number of H-pyrrole nitrogens is 2. The predicted octanol–water partition coefficient (Wildman–Crippen LogP) is 0.980. The van der Waals surface area contributed by atoms with Gasteiger partial charge in [-0.15, -0.1) is 0 Å². The highest BCUT2D eigenvalue weighted by molar-refractivity contribution is 5.96. The van der Waals surface area contributed by atoms with Gasteiger partial charge in [0.15, 0.2) is 0 Å². The number of hydrogen-bond donors (Lipinski definition) is 4. The summed E-state index contributed by atoms with van der Waals surface area (Å²) >= 11 is 0. The summed E-state index contributed by atoms with van der Waals surface area (Å²) in [6, 6.07) is 4.44. The van der Waals surface area contributed by atoms with E-state index in [1.54, 1.807) is 30.0 Å². The zero-order valence-electron chi connectivity index (χ0n) is 13.0. The number of fused-ring (bicyclic) bond motifs is 1. The second kappa shape index (κ2) is 7.10. The SMILES string of the molecule is CCCN(CC(=O)O)C(C)C(=O)Nc1ccc2[nH]c(=O)[nH]c2c1. The van der Waals surface area contributed by atoms with Crippen LogP contribution in [0, 0.1) is 0 Å². The Labute approximate surface area is 132 Å². The van der Waals surface area contributed by atoms with E-state index >= 15 is 0 Å². The van der Waals surface area contributed by atoms with Crippen LogP contribution in [0.1, 0.15) is 20.3 Å². The molecule has 0 aliphatic rings. The number of imidazole rings is 1. The maximum Gasteiger partial charge on any atom is 0.323 e. The third-order valence-corrected chi connectivity index (χ3v) is 3.56. The summed E-state index contributed by atoms with van der Waals surface area (Å²) in [5, 5.41) is 11.7. The Bertz CT molecular complexity index is 764. The summed E-state index contributed by atoms with van der Waals surface area (Å²) in [4.78, 5) is 41.3. The minimum Gasteiger partial charge on any atom is -0.480 e. The van der Waals surface area contributed by atoms with Crippen molar-refractivity contribution in [1.29, 1.82) is 0 Å². The van der Waals surface area contributed by atoms with E-state index in [4.69, 9.17) is 5.11 Å². The number of carboxylic acids is 1. The molecular weight excluding hydrogens is 300 g/mol. The van der Waals surface area contributed by atoms with E-state index in [9.17, 15) is 14.4 Å². The first kappa shape index (κ1) is 16.8. The van der Waals surface area contributed by atoms with Crippen molar-refractivity contribution in [3.8, 4) is 0 Å². The Morgan fingerprint density at radius 2 is 2.00 bits per heavy atom. The molecule has 0 spiro atoms. The van der Waals surface area contributed by atoms with Crippen LogP contribution in [0.15, 0.2) is 23.0 Å². The number of carbonyl (C=O) groups is 2. The molecule has 0 radical (unpaired) electrons. The standard InChI is InChI=1S/C15H20N4O4/c1-3-6-19(8-13(20)21)9(2)14(22)16-10-4-5-11-12(7-10)18-15(23)17-11/h4-5,7,9H,3,6,8H2,1-2H3,(H,16,22)(H,20,21)(H2,17,18,23). The van der Waals surface area contributed by atoms with Gasteiger partial charge in [-0.2, -0.15) is 0 Å². The number of carbonyl (C=O) groups excluding carboxylic acids is 1. The molecule has 2 rings (SSSR count). The maximum absolute atomic E-state index is 12.3. The fourth-order valence-electron chi connectivity index (χ4n) is 2.39. The number of rotatable bonds is 7. The van der Waals surface area contributed by atoms with Crippen molar-refractivity contribution in [1.82, 2.24) is 14.9 Å². The van der Waals surface area contributed by atoms with Crippen molar-refractivity contribution in [3.05, 3.63) is 28.7 Å². The molecule has 124 valence electrons. The molecule has 0 saturated heterocycles. The minimum absolute atomic E-state index is 0.188. The summed E-state index contributed by atoms with van der Waals surface area (Å²) < 4.78 is 0. The van der Waals surface area contributed by atoms with Crippen LogP contribution in [0.2, 0.25) is 0 Å². The topological polar surface area (TPSA) is 118 Å². The van der Waals surface area contributed by atoms with Crippen LogP contribution in [0.3, 0.4) is 0 Å². The van der Waals surface area contributed by atoms with E-state index in [-0.39, 0.29) is 18.1 Å². The van der Waals surface area contributed by atoms with Crippen LogP contribution in [-0.4, -0.2) is 51.0 Å². The third-order valence-electron chi connectivity index (χ3n) is 3.56. The van der Waals surface area contributed by atoms with Crippen LogP contribution < -0.4 is 11.0 Å². The molecule has 8 heteroatoms. The lowest BCUT2D eigenvalue weighted by Gasteiger charge is -2.26. The average Bonchev–Trinajstić information content (AvgIpc) is 2.84. The van der Waals surface area contributed by atoms with E-state index in [2.05, 4.69) is 15.3 Å². The van der Waals surface area contributed by atoms with Crippen LogP contribution in [0.4, 0.5) is 5.69 Å². The first-order chi connectivity index (χ1) is 10.9. The summed E-state index contributed by atoms with van der Waals surface area (Å²) in [5.41, 5.74) is 1.47. The molecule has 1 unspecified atom stereocenters. The highest BCUT2D eigenvalue weighted by atomic mass is 16.4. The minimum atomic E-state index is -0.968. The Kier molecular flexibility index (Phi) is 5.17. The monoisotopic (exact) mass is 320 g/mol. The fourth-order valence-corrected chi connectivity index (χ4v) is 2.39. The van der Waals surface area contributed by atoms with Crippen molar-refractivity contribution in [2.75, 3.05) is 18.4 Å². The molecule has 1 aromatic heterocycles. The van der Waals surface area contributed by atoms with Gasteiger partial charge in [-0.25, -0.2) is 4.79 Å². The van der Waals surface area contributed by atoms with Crippen molar-refractivity contribution in [2.45, 2.75) is 26.3 Å². The number of nitrogens with one attached hydrogen (secondary N) is 3. The summed E-state index contributed by atoms with van der Waals surface area (Å²) in [5.74, 6) is -1.26. The Morgan fingerprint density at radius 1 is 1.30 bits per heavy atom. The first-order valence-corrected chi connectivity index (χ1v) is 7.39. The van der Waals surface area contributed by atoms with Gasteiger partial charge in [0.1, 0.15) is 0 Å². The molecule has 8 nitrogen and oxygen atoms in total. The molecule has 1 atom stereocenters. The second-order valence-corrected chi connectivity index (χ2v) is 5.37. The van der Waals surface area contributed by atoms with Gasteiger partial charge in [-0.3, -0.25) is 14.5 Å². The van der Waals surface area contributed by atoms with E-state index in [0.29, 0.717) is 23.3 Å². The fraction of sp³-hybridized carbons (Fsp3) is 0.400. The Morgan fingerprint density at radius 3 is 2.65 bits per heavy atom. The van der Waals surface area contributed by atoms with Crippen molar-refractivity contribution < 1.29 is 14.7 Å². The predicted molar refractivity (Wildman–Crippen MR) is 86.5 cm³/mol. The normalized spacial score (nSPS) is 12.5. The number of aromatic amines is 2. The van der Waals surface area contributed by atoms with Gasteiger partial charge in [0, 0.05) is 5.69 Å². The van der Waals surface area contributed by atoms with E-state index < -0.39 is 12.0 Å². The van der Waals surface area contributed by atoms with Gasteiger partial charge in [-0.1, -0.05) is 6.92 Å². The molecule has 0 bridgehead atoms. The lowest BCUT2D eigenvalue weighted by Crippen LogP contribution is -2.44. The van der Waals surface area contributed by atoms with Gasteiger partial charge in [0.05, 0.1) is 23.6 Å². The molecule has 23 heavy (non-hydrogen) atoms. The van der Waals surface area contributed by atoms with Crippen LogP contribution in [-0.2, 0) is 9.59 Å². The zero-order chi connectivity index (χ0) is 17.0. The lowest BCUT2D eigenvalue weighted by molar-refractivity contribution is -0.139. The molecule has 0 saturated carbocycles. The molecule has 4 N–H and O–H groups in total. The summed E-state index contributed by atoms with van der Waals surface area (Å²) in [6.45, 7) is 3.93. The van der Waals surface area contributed by atoms with E-state index in [0.717, 1.165) is 6.42 Å². The number of aliphatic carboxylic acids is 1. The van der Waals surface area contributed by atoms with E-state index in [1.165, 1.54) is 0 Å². The molecule has 1 amide bonds. The van der Waals surface area contributed by atoms with Crippen molar-refractivity contribution in [3.63, 3.8) is 0 Å². The molecule has 0 aliphatic heterocycles. The van der Waals surface area contributed by atoms with Crippen molar-refractivity contribution >= 4 is 28.6 Å². The molecule has 0 aliphatic carbocycles. The molecule has 2 aromatic rings. The zero-order valence-corrected chi connectivity index (χ0v) is 13.0. The Hall–Kier alpha value is -2.61. The van der Waals surface area contributed by atoms with Gasteiger partial charge in [0.2, 0.25) is 5.91 Å². The van der Waals surface area contributed by atoms with Crippen LogP contribution >= 0.6 is 0 Å². The average molecular weight is 320 g/mol. The van der Waals surface area contributed by atoms with Crippen molar-refractivity contribution in [2.24, 2.45) is 0 Å². The van der Waals surface area contributed by atoms with Crippen LogP contribution in [0.5, 0.6) is 0 Å². The Balaban J connectivity index is 2.11. The number of nitrogens with zero attached hydrogens (tertiary/aromatic N) is 1. The smallest absolute Gasteiger partial charge is 0.323 e. The quantitative estimate of drug-likeness (QED) is 0.606. The second-order valence-electron chi connectivity index (χ2n) is 5.37. The van der Waals surface area contributed by atoms with E-state index in [1.807, 2.05) is 6.92 Å². The van der Waals surface area contributed by atoms with Gasteiger partial charge in [-0.05, 0) is 38.1 Å². The van der Waals surface area contributed by atoms with Crippen LogP contribution in [0.25, 0.3) is 11.0 Å².